The zero-order valence-corrected chi connectivity index (χ0v) is 12.7. The van der Waals surface area contributed by atoms with Crippen molar-refractivity contribution in [3.05, 3.63) is 64.7 Å². The van der Waals surface area contributed by atoms with Gasteiger partial charge in [-0.15, -0.1) is 11.8 Å². The molecular weight excluding hydrogens is 314 g/mol. The fourth-order valence-electron chi connectivity index (χ4n) is 1.87. The minimum absolute atomic E-state index is 0.0544. The number of hydrogen-bond donors (Lipinski definition) is 2. The van der Waals surface area contributed by atoms with Crippen molar-refractivity contribution < 1.29 is 8.78 Å². The number of rotatable bonds is 6. The smallest absolute Gasteiger partial charge is 0.124 e. The molecular formula is C15H15ClF2N2S. The topological polar surface area (TPSA) is 38.0 Å². The van der Waals surface area contributed by atoms with E-state index in [0.29, 0.717) is 17.2 Å². The predicted molar refractivity (Wildman–Crippen MR) is 83.3 cm³/mol. The van der Waals surface area contributed by atoms with Gasteiger partial charge in [0.2, 0.25) is 0 Å². The van der Waals surface area contributed by atoms with E-state index in [9.17, 15) is 8.78 Å². The average Bonchev–Trinajstić information content (AvgIpc) is 2.45. The van der Waals surface area contributed by atoms with Gasteiger partial charge in [0, 0.05) is 21.7 Å². The van der Waals surface area contributed by atoms with Crippen LogP contribution in [0.1, 0.15) is 5.56 Å². The Balaban J connectivity index is 1.97. The zero-order valence-electron chi connectivity index (χ0n) is 11.2. The molecule has 112 valence electrons. The third kappa shape index (κ3) is 4.97. The van der Waals surface area contributed by atoms with E-state index in [4.69, 9.17) is 17.4 Å². The Bertz CT molecular complexity index is 610. The molecule has 0 amide bonds. The van der Waals surface area contributed by atoms with Gasteiger partial charge in [0.25, 0.3) is 0 Å². The molecule has 0 heterocycles. The number of halogens is 3. The number of nitrogens with one attached hydrogen (secondary N) is 1. The first kappa shape index (κ1) is 16.2. The lowest BCUT2D eigenvalue weighted by Gasteiger charge is -2.16. The van der Waals surface area contributed by atoms with E-state index in [2.05, 4.69) is 5.43 Å². The van der Waals surface area contributed by atoms with Gasteiger partial charge in [-0.2, -0.15) is 0 Å². The van der Waals surface area contributed by atoms with Crippen molar-refractivity contribution in [2.45, 2.75) is 17.4 Å². The van der Waals surface area contributed by atoms with Crippen LogP contribution in [0.4, 0.5) is 8.78 Å². The largest absolute Gasteiger partial charge is 0.271 e. The molecule has 6 heteroatoms. The maximum Gasteiger partial charge on any atom is 0.124 e. The lowest BCUT2D eigenvalue weighted by Crippen LogP contribution is -2.38. The van der Waals surface area contributed by atoms with Gasteiger partial charge < -0.3 is 0 Å². The van der Waals surface area contributed by atoms with Crippen LogP contribution in [0.5, 0.6) is 0 Å². The highest BCUT2D eigenvalue weighted by Crippen LogP contribution is 2.23. The van der Waals surface area contributed by atoms with Crippen molar-refractivity contribution in [3.63, 3.8) is 0 Å². The molecule has 2 rings (SSSR count). The molecule has 0 radical (unpaired) electrons. The summed E-state index contributed by atoms with van der Waals surface area (Å²) in [5, 5.41) is 0.381. The Morgan fingerprint density at radius 2 is 1.90 bits per heavy atom. The van der Waals surface area contributed by atoms with Gasteiger partial charge in [-0.1, -0.05) is 23.7 Å². The maximum atomic E-state index is 13.1. The SMILES string of the molecule is NNC(CSc1cccc(F)c1)Cc1ccc(F)cc1Cl. The fourth-order valence-corrected chi connectivity index (χ4v) is 3.10. The average molecular weight is 329 g/mol. The van der Waals surface area contributed by atoms with Crippen molar-refractivity contribution in [3.8, 4) is 0 Å². The molecule has 21 heavy (non-hydrogen) atoms. The molecule has 0 spiro atoms. The second-order valence-electron chi connectivity index (χ2n) is 4.57. The summed E-state index contributed by atoms with van der Waals surface area (Å²) in [6, 6.07) is 10.6. The normalized spacial score (nSPS) is 12.4. The summed E-state index contributed by atoms with van der Waals surface area (Å²) in [4.78, 5) is 0.834. The van der Waals surface area contributed by atoms with Crippen LogP contribution in [0, 0.1) is 11.6 Å². The highest BCUT2D eigenvalue weighted by Gasteiger charge is 2.11. The summed E-state index contributed by atoms with van der Waals surface area (Å²) in [5.74, 6) is 5.56. The third-order valence-corrected chi connectivity index (χ3v) is 4.47. The first-order valence-electron chi connectivity index (χ1n) is 6.37. The first-order chi connectivity index (χ1) is 10.1. The molecule has 1 unspecified atom stereocenters. The van der Waals surface area contributed by atoms with E-state index in [1.165, 1.54) is 36.0 Å². The number of nitrogens with two attached hydrogens (primary N) is 1. The second kappa shape index (κ2) is 7.75. The van der Waals surface area contributed by atoms with E-state index in [-0.39, 0.29) is 17.7 Å². The summed E-state index contributed by atoms with van der Waals surface area (Å²) < 4.78 is 26.1. The molecule has 0 aliphatic heterocycles. The highest BCUT2D eigenvalue weighted by atomic mass is 35.5. The summed E-state index contributed by atoms with van der Waals surface area (Å²) >= 11 is 7.50. The Hall–Kier alpha value is -1.14. The lowest BCUT2D eigenvalue weighted by atomic mass is 10.1. The number of hydrazine groups is 1. The molecule has 1 atom stereocenters. The minimum Gasteiger partial charge on any atom is -0.271 e. The summed E-state index contributed by atoms with van der Waals surface area (Å²) in [6.45, 7) is 0. The fraction of sp³-hybridized carbons (Fsp3) is 0.200. The van der Waals surface area contributed by atoms with Crippen molar-refractivity contribution in [2.24, 2.45) is 5.84 Å². The van der Waals surface area contributed by atoms with Gasteiger partial charge in [-0.05, 0) is 42.3 Å². The van der Waals surface area contributed by atoms with E-state index in [1.807, 2.05) is 6.07 Å². The quantitative estimate of drug-likeness (QED) is 0.481. The standard InChI is InChI=1S/C15H15ClF2N2S/c16-15-8-12(18)5-4-10(15)6-13(20-19)9-21-14-3-1-2-11(17)7-14/h1-5,7-8,13,20H,6,9,19H2. The van der Waals surface area contributed by atoms with Crippen LogP contribution in [0.3, 0.4) is 0 Å². The van der Waals surface area contributed by atoms with Crippen LogP contribution in [-0.4, -0.2) is 11.8 Å². The number of hydrogen-bond acceptors (Lipinski definition) is 3. The molecule has 0 aliphatic rings. The molecule has 0 aromatic heterocycles. The molecule has 2 aromatic carbocycles. The van der Waals surface area contributed by atoms with Gasteiger partial charge in [0.15, 0.2) is 0 Å². The van der Waals surface area contributed by atoms with Gasteiger partial charge in [0.05, 0.1) is 0 Å². The molecule has 0 aliphatic carbocycles. The van der Waals surface area contributed by atoms with Gasteiger partial charge in [0.1, 0.15) is 11.6 Å². The van der Waals surface area contributed by atoms with E-state index in [0.717, 1.165) is 10.5 Å². The minimum atomic E-state index is -0.366. The van der Waals surface area contributed by atoms with E-state index < -0.39 is 0 Å². The van der Waals surface area contributed by atoms with Gasteiger partial charge in [-0.25, -0.2) is 8.78 Å². The van der Waals surface area contributed by atoms with Gasteiger partial charge in [-0.3, -0.25) is 11.3 Å². The Labute approximate surface area is 131 Å². The molecule has 0 saturated heterocycles. The van der Waals surface area contributed by atoms with Crippen LogP contribution in [0.2, 0.25) is 5.02 Å². The molecule has 2 aromatic rings. The molecule has 0 bridgehead atoms. The number of thioether (sulfide) groups is 1. The molecule has 0 saturated carbocycles. The highest BCUT2D eigenvalue weighted by molar-refractivity contribution is 7.99. The van der Waals surface area contributed by atoms with E-state index in [1.54, 1.807) is 12.1 Å². The van der Waals surface area contributed by atoms with Gasteiger partial charge >= 0.3 is 0 Å². The lowest BCUT2D eigenvalue weighted by molar-refractivity contribution is 0.573. The maximum absolute atomic E-state index is 13.1. The molecule has 2 nitrogen and oxygen atoms in total. The first-order valence-corrected chi connectivity index (χ1v) is 7.73. The van der Waals surface area contributed by atoms with Crippen molar-refractivity contribution in [1.82, 2.24) is 5.43 Å². The van der Waals surface area contributed by atoms with Crippen LogP contribution >= 0.6 is 23.4 Å². The molecule has 0 fully saturated rings. The summed E-state index contributed by atoms with van der Waals surface area (Å²) in [5.41, 5.74) is 3.53. The van der Waals surface area contributed by atoms with Crippen molar-refractivity contribution >= 4 is 23.4 Å². The third-order valence-electron chi connectivity index (χ3n) is 2.96. The van der Waals surface area contributed by atoms with Crippen LogP contribution in [0.25, 0.3) is 0 Å². The molecule has 3 N–H and O–H groups in total. The number of benzene rings is 2. The van der Waals surface area contributed by atoms with Crippen molar-refractivity contribution in [2.75, 3.05) is 5.75 Å². The van der Waals surface area contributed by atoms with Crippen LogP contribution in [-0.2, 0) is 6.42 Å². The Kier molecular flexibility index (Phi) is 5.99. The van der Waals surface area contributed by atoms with Crippen molar-refractivity contribution in [1.29, 1.82) is 0 Å². The second-order valence-corrected chi connectivity index (χ2v) is 6.07. The predicted octanol–water partition coefficient (Wildman–Crippen LogP) is 3.78. The van der Waals surface area contributed by atoms with Crippen LogP contribution < -0.4 is 11.3 Å². The Morgan fingerprint density at radius 1 is 1.14 bits per heavy atom. The summed E-state index contributed by atoms with van der Waals surface area (Å²) in [7, 11) is 0. The monoisotopic (exact) mass is 328 g/mol. The summed E-state index contributed by atoms with van der Waals surface area (Å²) in [6.07, 6.45) is 0.567. The Morgan fingerprint density at radius 3 is 2.57 bits per heavy atom. The van der Waals surface area contributed by atoms with Crippen LogP contribution in [0.15, 0.2) is 47.4 Å². The zero-order chi connectivity index (χ0) is 15.2. The van der Waals surface area contributed by atoms with E-state index >= 15 is 0 Å².